The number of hydrogen-bond acceptors (Lipinski definition) is 5. The monoisotopic (exact) mass is 460 g/mol. The minimum absolute atomic E-state index is 0.0254. The number of non-ortho nitro benzene ring substituents is 1. The summed E-state index contributed by atoms with van der Waals surface area (Å²) in [5.74, 6) is 0.439. The Morgan fingerprint density at radius 1 is 1.25 bits per heavy atom. The first-order valence-electron chi connectivity index (χ1n) is 8.41. The molecule has 28 heavy (non-hydrogen) atoms. The highest BCUT2D eigenvalue weighted by molar-refractivity contribution is 9.10. The Kier molecular flexibility index (Phi) is 6.48. The summed E-state index contributed by atoms with van der Waals surface area (Å²) < 4.78 is 2.70. The van der Waals surface area contributed by atoms with Crippen molar-refractivity contribution in [2.45, 2.75) is 23.6 Å². The number of halogens is 1. The number of rotatable bonds is 7. The van der Waals surface area contributed by atoms with E-state index in [2.05, 4.69) is 26.3 Å². The van der Waals surface area contributed by atoms with E-state index in [9.17, 15) is 14.9 Å². The van der Waals surface area contributed by atoms with Gasteiger partial charge in [-0.3, -0.25) is 14.9 Å². The standard InChI is InChI=1S/C19H17BrN4O3S/c1-13(28-16-8-6-15(7-9-16)24(26)27)19(25)22-18-10-11-21-23(18)12-14-4-2-3-5-17(14)20/h2-11,13H,12H2,1H3,(H,22,25). The molecule has 144 valence electrons. The van der Waals surface area contributed by atoms with Crippen molar-refractivity contribution in [3.63, 3.8) is 0 Å². The lowest BCUT2D eigenvalue weighted by Crippen LogP contribution is -2.24. The van der Waals surface area contributed by atoms with Gasteiger partial charge in [-0.05, 0) is 30.7 Å². The first-order chi connectivity index (χ1) is 13.4. The van der Waals surface area contributed by atoms with Crippen molar-refractivity contribution in [2.75, 3.05) is 5.32 Å². The van der Waals surface area contributed by atoms with Gasteiger partial charge in [0.2, 0.25) is 5.91 Å². The van der Waals surface area contributed by atoms with E-state index in [4.69, 9.17) is 0 Å². The van der Waals surface area contributed by atoms with Crippen LogP contribution in [0.2, 0.25) is 0 Å². The van der Waals surface area contributed by atoms with Crippen molar-refractivity contribution in [3.8, 4) is 0 Å². The van der Waals surface area contributed by atoms with E-state index in [1.54, 1.807) is 36.0 Å². The van der Waals surface area contributed by atoms with Crippen LogP contribution in [0.4, 0.5) is 11.5 Å². The Hall–Kier alpha value is -2.65. The number of benzene rings is 2. The molecule has 1 unspecified atom stereocenters. The number of hydrogen-bond donors (Lipinski definition) is 1. The summed E-state index contributed by atoms with van der Waals surface area (Å²) >= 11 is 4.85. The molecule has 1 amide bonds. The maximum atomic E-state index is 12.6. The highest BCUT2D eigenvalue weighted by Crippen LogP contribution is 2.26. The van der Waals surface area contributed by atoms with E-state index >= 15 is 0 Å². The molecule has 3 rings (SSSR count). The number of nitrogens with one attached hydrogen (secondary N) is 1. The number of amides is 1. The Morgan fingerprint density at radius 3 is 2.64 bits per heavy atom. The van der Waals surface area contributed by atoms with Gasteiger partial charge in [0.1, 0.15) is 5.82 Å². The molecule has 1 heterocycles. The number of nitro groups is 1. The zero-order valence-corrected chi connectivity index (χ0v) is 17.3. The molecule has 0 saturated carbocycles. The SMILES string of the molecule is CC(Sc1ccc([N+](=O)[O-])cc1)C(=O)Nc1ccnn1Cc1ccccc1Br. The molecule has 0 aliphatic rings. The summed E-state index contributed by atoms with van der Waals surface area (Å²) in [4.78, 5) is 23.6. The van der Waals surface area contributed by atoms with Crippen molar-refractivity contribution in [1.82, 2.24) is 9.78 Å². The van der Waals surface area contributed by atoms with Crippen LogP contribution in [-0.2, 0) is 11.3 Å². The van der Waals surface area contributed by atoms with E-state index in [0.717, 1.165) is 14.9 Å². The van der Waals surface area contributed by atoms with Gasteiger partial charge in [0.05, 0.1) is 22.9 Å². The summed E-state index contributed by atoms with van der Waals surface area (Å²) in [6, 6.07) is 15.7. The second-order valence-corrected chi connectivity index (χ2v) is 8.23. The molecule has 0 radical (unpaired) electrons. The third-order valence-corrected chi connectivity index (χ3v) is 5.86. The van der Waals surface area contributed by atoms with Gasteiger partial charge < -0.3 is 5.32 Å². The highest BCUT2D eigenvalue weighted by Gasteiger charge is 2.17. The predicted octanol–water partition coefficient (Wildman–Crippen LogP) is 4.72. The lowest BCUT2D eigenvalue weighted by Gasteiger charge is -2.14. The lowest BCUT2D eigenvalue weighted by atomic mass is 10.2. The van der Waals surface area contributed by atoms with E-state index in [0.29, 0.717) is 12.4 Å². The van der Waals surface area contributed by atoms with E-state index in [1.807, 2.05) is 24.3 Å². The molecule has 0 spiro atoms. The number of anilines is 1. The van der Waals surface area contributed by atoms with Crippen LogP contribution in [0, 0.1) is 10.1 Å². The lowest BCUT2D eigenvalue weighted by molar-refractivity contribution is -0.384. The van der Waals surface area contributed by atoms with E-state index < -0.39 is 4.92 Å². The first-order valence-corrected chi connectivity index (χ1v) is 10.1. The fourth-order valence-electron chi connectivity index (χ4n) is 2.48. The van der Waals surface area contributed by atoms with E-state index in [-0.39, 0.29) is 16.8 Å². The summed E-state index contributed by atoms with van der Waals surface area (Å²) in [7, 11) is 0. The van der Waals surface area contributed by atoms with Crippen LogP contribution >= 0.6 is 27.7 Å². The smallest absolute Gasteiger partial charge is 0.269 e. The van der Waals surface area contributed by atoms with Crippen LogP contribution < -0.4 is 5.32 Å². The van der Waals surface area contributed by atoms with Crippen molar-refractivity contribution < 1.29 is 9.72 Å². The zero-order chi connectivity index (χ0) is 20.1. The predicted molar refractivity (Wildman–Crippen MR) is 113 cm³/mol. The van der Waals surface area contributed by atoms with E-state index in [1.165, 1.54) is 23.9 Å². The van der Waals surface area contributed by atoms with Gasteiger partial charge in [0.15, 0.2) is 0 Å². The average Bonchev–Trinajstić information content (AvgIpc) is 3.10. The number of carbonyl (C=O) groups excluding carboxylic acids is 1. The topological polar surface area (TPSA) is 90.1 Å². The van der Waals surface area contributed by atoms with Crippen molar-refractivity contribution in [2.24, 2.45) is 0 Å². The summed E-state index contributed by atoms with van der Waals surface area (Å²) in [6.07, 6.45) is 1.64. The van der Waals surface area contributed by atoms with Crippen LogP contribution in [0.1, 0.15) is 12.5 Å². The average molecular weight is 461 g/mol. The molecular formula is C19H17BrN4O3S. The first kappa shape index (κ1) is 20.1. The molecule has 0 aliphatic heterocycles. The molecule has 0 aliphatic carbocycles. The molecule has 0 bridgehead atoms. The highest BCUT2D eigenvalue weighted by atomic mass is 79.9. The minimum Gasteiger partial charge on any atom is -0.310 e. The molecule has 1 N–H and O–H groups in total. The molecule has 3 aromatic rings. The molecular weight excluding hydrogens is 444 g/mol. The Bertz CT molecular complexity index is 991. The number of thioether (sulfide) groups is 1. The molecule has 1 aromatic heterocycles. The number of carbonyl (C=O) groups is 1. The van der Waals surface area contributed by atoms with Crippen LogP contribution in [-0.4, -0.2) is 25.9 Å². The normalized spacial score (nSPS) is 11.8. The Morgan fingerprint density at radius 2 is 1.96 bits per heavy atom. The molecule has 1 atom stereocenters. The summed E-state index contributed by atoms with van der Waals surface area (Å²) in [5, 5.41) is 17.5. The van der Waals surface area contributed by atoms with Gasteiger partial charge in [0, 0.05) is 27.6 Å². The molecule has 9 heteroatoms. The third-order valence-electron chi connectivity index (χ3n) is 3.98. The number of nitrogens with zero attached hydrogens (tertiary/aromatic N) is 3. The van der Waals surface area contributed by atoms with Gasteiger partial charge in [-0.25, -0.2) is 4.68 Å². The van der Waals surface area contributed by atoms with Crippen LogP contribution in [0.5, 0.6) is 0 Å². The van der Waals surface area contributed by atoms with Gasteiger partial charge >= 0.3 is 0 Å². The maximum Gasteiger partial charge on any atom is 0.269 e. The zero-order valence-electron chi connectivity index (χ0n) is 14.9. The van der Waals surface area contributed by atoms with Gasteiger partial charge in [0.25, 0.3) is 5.69 Å². The third kappa shape index (κ3) is 4.99. The van der Waals surface area contributed by atoms with Gasteiger partial charge in [-0.2, -0.15) is 5.10 Å². The largest absolute Gasteiger partial charge is 0.310 e. The van der Waals surface area contributed by atoms with Crippen LogP contribution in [0.25, 0.3) is 0 Å². The molecule has 0 fully saturated rings. The quantitative estimate of drug-likeness (QED) is 0.312. The van der Waals surface area contributed by atoms with Gasteiger partial charge in [-0.15, -0.1) is 11.8 Å². The number of nitro benzene ring substituents is 1. The summed E-state index contributed by atoms with van der Waals surface area (Å²) in [5.41, 5.74) is 1.08. The van der Waals surface area contributed by atoms with Crippen molar-refractivity contribution in [3.05, 3.63) is 80.9 Å². The molecule has 2 aromatic carbocycles. The minimum atomic E-state index is -0.448. The number of aromatic nitrogens is 2. The Balaban J connectivity index is 1.64. The van der Waals surface area contributed by atoms with Crippen LogP contribution in [0.3, 0.4) is 0 Å². The second kappa shape index (κ2) is 9.03. The van der Waals surface area contributed by atoms with Crippen molar-refractivity contribution in [1.29, 1.82) is 0 Å². The summed E-state index contributed by atoms with van der Waals surface area (Å²) in [6.45, 7) is 2.31. The Labute approximate surface area is 174 Å². The molecule has 7 nitrogen and oxygen atoms in total. The molecule has 0 saturated heterocycles. The van der Waals surface area contributed by atoms with Crippen molar-refractivity contribution >= 4 is 45.1 Å². The van der Waals surface area contributed by atoms with Gasteiger partial charge in [-0.1, -0.05) is 34.1 Å². The van der Waals surface area contributed by atoms with Crippen LogP contribution in [0.15, 0.2) is 70.2 Å². The second-order valence-electron chi connectivity index (χ2n) is 5.97. The fourth-order valence-corrected chi connectivity index (χ4v) is 3.76. The maximum absolute atomic E-state index is 12.6. The fraction of sp³-hybridized carbons (Fsp3) is 0.158.